The van der Waals surface area contributed by atoms with Crippen LogP contribution in [0.5, 0.6) is 0 Å². The zero-order valence-electron chi connectivity index (χ0n) is 13.4. The lowest BCUT2D eigenvalue weighted by Crippen LogP contribution is -2.35. The highest BCUT2D eigenvalue weighted by Crippen LogP contribution is 2.21. The monoisotopic (exact) mass is 312 g/mol. The van der Waals surface area contributed by atoms with E-state index >= 15 is 0 Å². The van der Waals surface area contributed by atoms with Gasteiger partial charge >= 0.3 is 0 Å². The van der Waals surface area contributed by atoms with Gasteiger partial charge in [0.1, 0.15) is 0 Å². The Morgan fingerprint density at radius 1 is 1.24 bits per heavy atom. The molecule has 1 rings (SSSR count). The van der Waals surface area contributed by atoms with Crippen molar-refractivity contribution in [3.63, 3.8) is 0 Å². The van der Waals surface area contributed by atoms with Crippen molar-refractivity contribution in [1.29, 1.82) is 0 Å². The van der Waals surface area contributed by atoms with E-state index in [9.17, 15) is 4.79 Å². The predicted octanol–water partition coefficient (Wildman–Crippen LogP) is 3.93. The Morgan fingerprint density at radius 2 is 1.86 bits per heavy atom. The molecule has 0 aromatic heterocycles. The summed E-state index contributed by atoms with van der Waals surface area (Å²) in [4.78, 5) is 14.4. The molecule has 2 atom stereocenters. The second kappa shape index (κ2) is 10.6. The SMILES string of the molecule is CCCCN(C(=O)CCC(C)N)C(C)c1ccccc1.Cl. The number of benzene rings is 1. The topological polar surface area (TPSA) is 46.3 Å². The van der Waals surface area contributed by atoms with Crippen LogP contribution in [-0.2, 0) is 4.79 Å². The molecule has 0 heterocycles. The summed E-state index contributed by atoms with van der Waals surface area (Å²) in [5.74, 6) is 0.215. The molecule has 0 radical (unpaired) electrons. The van der Waals surface area contributed by atoms with Gasteiger partial charge < -0.3 is 10.6 Å². The molecule has 0 saturated carbocycles. The highest BCUT2D eigenvalue weighted by atomic mass is 35.5. The summed E-state index contributed by atoms with van der Waals surface area (Å²) < 4.78 is 0. The number of rotatable bonds is 8. The number of nitrogens with zero attached hydrogens (tertiary/aromatic N) is 1. The summed E-state index contributed by atoms with van der Waals surface area (Å²) >= 11 is 0. The molecule has 0 aliphatic carbocycles. The zero-order chi connectivity index (χ0) is 15.0. The minimum atomic E-state index is 0. The highest BCUT2D eigenvalue weighted by Gasteiger charge is 2.20. The van der Waals surface area contributed by atoms with Crippen molar-refractivity contribution in [2.24, 2.45) is 5.73 Å². The molecular formula is C17H29ClN2O. The van der Waals surface area contributed by atoms with E-state index in [4.69, 9.17) is 5.73 Å². The molecule has 2 N–H and O–H groups in total. The molecule has 120 valence electrons. The van der Waals surface area contributed by atoms with Crippen LogP contribution in [0.2, 0.25) is 0 Å². The lowest BCUT2D eigenvalue weighted by atomic mass is 10.1. The van der Waals surface area contributed by atoms with Gasteiger partial charge in [0.25, 0.3) is 0 Å². The molecule has 2 unspecified atom stereocenters. The van der Waals surface area contributed by atoms with Crippen LogP contribution in [0.15, 0.2) is 30.3 Å². The molecule has 0 saturated heterocycles. The number of nitrogens with two attached hydrogens (primary N) is 1. The second-order valence-electron chi connectivity index (χ2n) is 5.54. The highest BCUT2D eigenvalue weighted by molar-refractivity contribution is 5.85. The van der Waals surface area contributed by atoms with Crippen LogP contribution in [0.4, 0.5) is 0 Å². The fraction of sp³-hybridized carbons (Fsp3) is 0.588. The van der Waals surface area contributed by atoms with E-state index in [2.05, 4.69) is 26.0 Å². The fourth-order valence-corrected chi connectivity index (χ4v) is 2.27. The van der Waals surface area contributed by atoms with Gasteiger partial charge in [-0.15, -0.1) is 12.4 Å². The maximum atomic E-state index is 12.4. The summed E-state index contributed by atoms with van der Waals surface area (Å²) in [7, 11) is 0. The molecule has 0 fully saturated rings. The van der Waals surface area contributed by atoms with E-state index in [1.807, 2.05) is 30.0 Å². The molecule has 21 heavy (non-hydrogen) atoms. The van der Waals surface area contributed by atoms with Gasteiger partial charge in [0.05, 0.1) is 6.04 Å². The lowest BCUT2D eigenvalue weighted by Gasteiger charge is -2.30. The number of hydrogen-bond acceptors (Lipinski definition) is 2. The molecule has 1 aromatic carbocycles. The van der Waals surface area contributed by atoms with E-state index in [-0.39, 0.29) is 30.4 Å². The van der Waals surface area contributed by atoms with Crippen molar-refractivity contribution in [3.8, 4) is 0 Å². The third-order valence-corrected chi connectivity index (χ3v) is 3.64. The molecule has 1 aromatic rings. The van der Waals surface area contributed by atoms with Crippen LogP contribution >= 0.6 is 12.4 Å². The maximum Gasteiger partial charge on any atom is 0.223 e. The Hall–Kier alpha value is -1.06. The molecule has 0 aliphatic heterocycles. The van der Waals surface area contributed by atoms with Crippen LogP contribution in [0, 0.1) is 0 Å². The first-order chi connectivity index (χ1) is 9.56. The molecule has 0 aliphatic rings. The largest absolute Gasteiger partial charge is 0.336 e. The van der Waals surface area contributed by atoms with Crippen LogP contribution < -0.4 is 5.73 Å². The van der Waals surface area contributed by atoms with Gasteiger partial charge in [-0.3, -0.25) is 4.79 Å². The van der Waals surface area contributed by atoms with Crippen molar-refractivity contribution < 1.29 is 4.79 Å². The van der Waals surface area contributed by atoms with Crippen molar-refractivity contribution in [3.05, 3.63) is 35.9 Å². The molecule has 0 bridgehead atoms. The summed E-state index contributed by atoms with van der Waals surface area (Å²) in [5.41, 5.74) is 6.95. The third kappa shape index (κ3) is 6.96. The molecule has 1 amide bonds. The van der Waals surface area contributed by atoms with Gasteiger partial charge in [0, 0.05) is 19.0 Å². The van der Waals surface area contributed by atoms with Gasteiger partial charge in [0.2, 0.25) is 5.91 Å². The van der Waals surface area contributed by atoms with Crippen LogP contribution in [-0.4, -0.2) is 23.4 Å². The van der Waals surface area contributed by atoms with E-state index in [0.717, 1.165) is 25.8 Å². The van der Waals surface area contributed by atoms with Crippen LogP contribution in [0.1, 0.15) is 58.1 Å². The lowest BCUT2D eigenvalue weighted by molar-refractivity contribution is -0.133. The number of amides is 1. The Labute approximate surface area is 135 Å². The van der Waals surface area contributed by atoms with Crippen LogP contribution in [0.3, 0.4) is 0 Å². The van der Waals surface area contributed by atoms with E-state index in [1.54, 1.807) is 0 Å². The smallest absolute Gasteiger partial charge is 0.223 e. The van der Waals surface area contributed by atoms with Crippen molar-refractivity contribution in [1.82, 2.24) is 4.90 Å². The maximum absolute atomic E-state index is 12.4. The normalized spacial score (nSPS) is 13.1. The van der Waals surface area contributed by atoms with Crippen molar-refractivity contribution >= 4 is 18.3 Å². The molecular weight excluding hydrogens is 284 g/mol. The molecule has 3 nitrogen and oxygen atoms in total. The van der Waals surface area contributed by atoms with Gasteiger partial charge in [-0.1, -0.05) is 43.7 Å². The Kier molecular flexibility index (Phi) is 10.1. The van der Waals surface area contributed by atoms with Crippen molar-refractivity contribution in [2.45, 2.75) is 58.5 Å². The summed E-state index contributed by atoms with van der Waals surface area (Å²) in [6.45, 7) is 7.03. The van der Waals surface area contributed by atoms with E-state index in [0.29, 0.717) is 6.42 Å². The molecule has 0 spiro atoms. The Balaban J connectivity index is 0.00000400. The van der Waals surface area contributed by atoms with E-state index < -0.39 is 0 Å². The van der Waals surface area contributed by atoms with Gasteiger partial charge in [-0.05, 0) is 32.3 Å². The first-order valence-corrected chi connectivity index (χ1v) is 7.66. The second-order valence-corrected chi connectivity index (χ2v) is 5.54. The van der Waals surface area contributed by atoms with Crippen LogP contribution in [0.25, 0.3) is 0 Å². The third-order valence-electron chi connectivity index (χ3n) is 3.64. The van der Waals surface area contributed by atoms with Crippen molar-refractivity contribution in [2.75, 3.05) is 6.54 Å². The Morgan fingerprint density at radius 3 is 2.38 bits per heavy atom. The molecule has 4 heteroatoms. The first kappa shape index (κ1) is 19.9. The number of unbranched alkanes of at least 4 members (excludes halogenated alkanes) is 1. The average Bonchev–Trinajstić information content (AvgIpc) is 2.46. The average molecular weight is 313 g/mol. The predicted molar refractivity (Wildman–Crippen MR) is 91.6 cm³/mol. The quantitative estimate of drug-likeness (QED) is 0.790. The fourth-order valence-electron chi connectivity index (χ4n) is 2.27. The number of carbonyl (C=O) groups excluding carboxylic acids is 1. The van der Waals surface area contributed by atoms with E-state index in [1.165, 1.54) is 5.56 Å². The first-order valence-electron chi connectivity index (χ1n) is 7.66. The van der Waals surface area contributed by atoms with Gasteiger partial charge in [-0.2, -0.15) is 0 Å². The number of halogens is 1. The zero-order valence-corrected chi connectivity index (χ0v) is 14.2. The summed E-state index contributed by atoms with van der Waals surface area (Å²) in [6, 6.07) is 10.4. The number of hydrogen-bond donors (Lipinski definition) is 1. The summed E-state index contributed by atoms with van der Waals surface area (Å²) in [6.07, 6.45) is 3.43. The van der Waals surface area contributed by atoms with Gasteiger partial charge in [0.15, 0.2) is 0 Å². The standard InChI is InChI=1S/C17H28N2O.ClH/c1-4-5-13-19(17(20)12-11-14(2)18)15(3)16-9-7-6-8-10-16;/h6-10,14-15H,4-5,11-13,18H2,1-3H3;1H. The van der Waals surface area contributed by atoms with Gasteiger partial charge in [-0.25, -0.2) is 0 Å². The minimum absolute atomic E-state index is 0. The number of carbonyl (C=O) groups is 1. The summed E-state index contributed by atoms with van der Waals surface area (Å²) in [5, 5.41) is 0. The Bertz CT molecular complexity index is 395. The minimum Gasteiger partial charge on any atom is -0.336 e.